The molecule has 1 saturated heterocycles. The summed E-state index contributed by atoms with van der Waals surface area (Å²) in [5.41, 5.74) is 1.98. The molecule has 0 N–H and O–H groups in total. The maximum Gasteiger partial charge on any atom is 0.237 e. The van der Waals surface area contributed by atoms with Crippen LogP contribution in [0, 0.1) is 0 Å². The second-order valence-corrected chi connectivity index (χ2v) is 5.04. The smallest absolute Gasteiger partial charge is 0.237 e. The van der Waals surface area contributed by atoms with Crippen LogP contribution in [0.5, 0.6) is 0 Å². The molecule has 1 amide bonds. The molecule has 0 bridgehead atoms. The molecule has 1 aliphatic rings. The lowest BCUT2D eigenvalue weighted by Crippen LogP contribution is -2.39. The number of fused-ring (bicyclic) bond motifs is 1. The van der Waals surface area contributed by atoms with E-state index in [2.05, 4.69) is 10.3 Å². The van der Waals surface area contributed by atoms with Crippen molar-refractivity contribution in [2.75, 3.05) is 19.0 Å². The van der Waals surface area contributed by atoms with Crippen LogP contribution in [-0.2, 0) is 4.79 Å². The fraction of sp³-hybridized carbons (Fsp3) is 0.462. The fourth-order valence-corrected chi connectivity index (χ4v) is 2.77. The molecule has 0 spiro atoms. The maximum absolute atomic E-state index is 11.5. The van der Waals surface area contributed by atoms with Crippen LogP contribution in [0.4, 0.5) is 0 Å². The number of carbonyl (C=O) groups excluding carboxylic acids is 1. The van der Waals surface area contributed by atoms with Crippen LogP contribution in [-0.4, -0.2) is 44.8 Å². The number of amides is 1. The summed E-state index contributed by atoms with van der Waals surface area (Å²) in [6.07, 6.45) is 1.80. The quantitative estimate of drug-likeness (QED) is 0.788. The van der Waals surface area contributed by atoms with Gasteiger partial charge in [-0.1, -0.05) is 17.3 Å². The minimum Gasteiger partial charge on any atom is -0.342 e. The van der Waals surface area contributed by atoms with Gasteiger partial charge in [0.2, 0.25) is 5.91 Å². The Kier molecular flexibility index (Phi) is 3.38. The van der Waals surface area contributed by atoms with Crippen molar-refractivity contribution < 1.29 is 4.79 Å². The van der Waals surface area contributed by atoms with Crippen LogP contribution < -0.4 is 0 Å². The van der Waals surface area contributed by atoms with Gasteiger partial charge < -0.3 is 4.90 Å². The maximum atomic E-state index is 11.5. The average molecular weight is 279 g/mol. The summed E-state index contributed by atoms with van der Waals surface area (Å²) < 4.78 is 1.98. The molecule has 1 fully saturated rings. The summed E-state index contributed by atoms with van der Waals surface area (Å²) in [6.45, 7) is 1.48. The second-order valence-electron chi connectivity index (χ2n) is 4.77. The first-order valence-corrected chi connectivity index (χ1v) is 6.96. The molecule has 0 radical (unpaired) electrons. The van der Waals surface area contributed by atoms with Gasteiger partial charge in [-0.05, 0) is 25.0 Å². The van der Waals surface area contributed by atoms with Crippen molar-refractivity contribution in [1.29, 1.82) is 0 Å². The van der Waals surface area contributed by atoms with Crippen molar-refractivity contribution in [2.24, 2.45) is 0 Å². The van der Waals surface area contributed by atoms with Crippen molar-refractivity contribution >= 4 is 28.5 Å². The highest BCUT2D eigenvalue weighted by molar-refractivity contribution is 6.27. The zero-order valence-electron chi connectivity index (χ0n) is 10.5. The summed E-state index contributed by atoms with van der Waals surface area (Å²) in [6, 6.07) is 8.26. The third-order valence-corrected chi connectivity index (χ3v) is 3.88. The van der Waals surface area contributed by atoms with Gasteiger partial charge in [-0.15, -0.1) is 16.7 Å². The lowest BCUT2D eigenvalue weighted by atomic mass is 10.0. The number of hydrogen-bond acceptors (Lipinski definition) is 3. The van der Waals surface area contributed by atoms with Gasteiger partial charge in [0.15, 0.2) is 0 Å². The van der Waals surface area contributed by atoms with E-state index in [0.29, 0.717) is 6.04 Å². The number of halogens is 1. The van der Waals surface area contributed by atoms with Gasteiger partial charge in [-0.3, -0.25) is 4.79 Å². The summed E-state index contributed by atoms with van der Waals surface area (Å²) >= 11 is 5.58. The van der Waals surface area contributed by atoms with Crippen LogP contribution in [0.2, 0.25) is 0 Å². The van der Waals surface area contributed by atoms with Gasteiger partial charge in [0, 0.05) is 13.1 Å². The standard InChI is InChI=1S/C13H15ClN4O/c14-9-13(19)17-7-5-10(6-8-17)18-12-4-2-1-3-11(12)15-16-18/h1-4,10H,5-9H2. The Hall–Kier alpha value is -1.62. The Morgan fingerprint density at radius 3 is 2.79 bits per heavy atom. The molecule has 3 rings (SSSR count). The van der Waals surface area contributed by atoms with E-state index >= 15 is 0 Å². The van der Waals surface area contributed by atoms with E-state index in [9.17, 15) is 4.79 Å². The van der Waals surface area contributed by atoms with E-state index in [4.69, 9.17) is 11.6 Å². The molecule has 1 aromatic heterocycles. The van der Waals surface area contributed by atoms with Gasteiger partial charge in [-0.25, -0.2) is 4.68 Å². The molecule has 19 heavy (non-hydrogen) atoms. The highest BCUT2D eigenvalue weighted by Crippen LogP contribution is 2.25. The van der Waals surface area contributed by atoms with Gasteiger partial charge >= 0.3 is 0 Å². The van der Waals surface area contributed by atoms with E-state index in [1.807, 2.05) is 33.8 Å². The van der Waals surface area contributed by atoms with Crippen molar-refractivity contribution in [3.63, 3.8) is 0 Å². The number of rotatable bonds is 2. The Balaban J connectivity index is 1.77. The Morgan fingerprint density at radius 1 is 1.32 bits per heavy atom. The Bertz CT molecular complexity index is 589. The van der Waals surface area contributed by atoms with Crippen LogP contribution in [0.15, 0.2) is 24.3 Å². The summed E-state index contributed by atoms with van der Waals surface area (Å²) in [5.74, 6) is 0.0836. The topological polar surface area (TPSA) is 51.0 Å². The third-order valence-electron chi connectivity index (χ3n) is 3.65. The first-order valence-electron chi connectivity index (χ1n) is 6.43. The van der Waals surface area contributed by atoms with Crippen molar-refractivity contribution in [2.45, 2.75) is 18.9 Å². The molecule has 6 heteroatoms. The summed E-state index contributed by atoms with van der Waals surface area (Å²) in [4.78, 5) is 13.4. The SMILES string of the molecule is O=C(CCl)N1CCC(n2nnc3ccccc32)CC1. The highest BCUT2D eigenvalue weighted by atomic mass is 35.5. The fourth-order valence-electron chi connectivity index (χ4n) is 2.60. The molecule has 0 saturated carbocycles. The number of aromatic nitrogens is 3. The zero-order chi connectivity index (χ0) is 13.2. The number of piperidine rings is 1. The zero-order valence-corrected chi connectivity index (χ0v) is 11.3. The molecular weight excluding hydrogens is 264 g/mol. The lowest BCUT2D eigenvalue weighted by molar-refractivity contribution is -0.129. The average Bonchev–Trinajstić information content (AvgIpc) is 2.90. The first-order chi connectivity index (χ1) is 9.29. The first kappa shape index (κ1) is 12.4. The minimum atomic E-state index is 0.0172. The van der Waals surface area contributed by atoms with Crippen LogP contribution in [0.25, 0.3) is 11.0 Å². The van der Waals surface area contributed by atoms with Gasteiger partial charge in [-0.2, -0.15) is 0 Å². The number of nitrogens with zero attached hydrogens (tertiary/aromatic N) is 4. The Morgan fingerprint density at radius 2 is 2.05 bits per heavy atom. The molecule has 0 aliphatic carbocycles. The summed E-state index contributed by atoms with van der Waals surface area (Å²) in [5, 5.41) is 8.42. The van der Waals surface area contributed by atoms with E-state index in [-0.39, 0.29) is 11.8 Å². The molecule has 2 aromatic rings. The molecule has 1 aliphatic heterocycles. The highest BCUT2D eigenvalue weighted by Gasteiger charge is 2.24. The van der Waals surface area contributed by atoms with E-state index in [0.717, 1.165) is 37.0 Å². The number of hydrogen-bond donors (Lipinski definition) is 0. The van der Waals surface area contributed by atoms with Crippen LogP contribution in [0.3, 0.4) is 0 Å². The second kappa shape index (κ2) is 5.17. The number of likely N-dealkylation sites (tertiary alicyclic amines) is 1. The monoisotopic (exact) mass is 278 g/mol. The molecule has 5 nitrogen and oxygen atoms in total. The van der Waals surface area contributed by atoms with Gasteiger partial charge in [0.05, 0.1) is 11.6 Å². The molecule has 100 valence electrons. The molecule has 1 aromatic carbocycles. The Labute approximate surface area is 116 Å². The number of alkyl halides is 1. The third kappa shape index (κ3) is 2.30. The normalized spacial score (nSPS) is 17.0. The minimum absolute atomic E-state index is 0.0172. The molecule has 0 atom stereocenters. The van der Waals surface area contributed by atoms with Gasteiger partial charge in [0.25, 0.3) is 0 Å². The van der Waals surface area contributed by atoms with Crippen LogP contribution in [0.1, 0.15) is 18.9 Å². The molecular formula is C13H15ClN4O. The molecule has 0 unspecified atom stereocenters. The predicted octanol–water partition coefficient (Wildman–Crippen LogP) is 1.83. The van der Waals surface area contributed by atoms with E-state index in [1.54, 1.807) is 0 Å². The van der Waals surface area contributed by atoms with Crippen molar-refractivity contribution in [3.8, 4) is 0 Å². The van der Waals surface area contributed by atoms with Crippen molar-refractivity contribution in [1.82, 2.24) is 19.9 Å². The number of para-hydroxylation sites is 1. The number of carbonyl (C=O) groups is 1. The molecule has 2 heterocycles. The number of benzene rings is 1. The van der Waals surface area contributed by atoms with Crippen LogP contribution >= 0.6 is 11.6 Å². The summed E-state index contributed by atoms with van der Waals surface area (Å²) in [7, 11) is 0. The van der Waals surface area contributed by atoms with Gasteiger partial charge in [0.1, 0.15) is 11.4 Å². The van der Waals surface area contributed by atoms with E-state index in [1.165, 1.54) is 0 Å². The largest absolute Gasteiger partial charge is 0.342 e. The lowest BCUT2D eigenvalue weighted by Gasteiger charge is -2.31. The van der Waals surface area contributed by atoms with E-state index < -0.39 is 0 Å². The predicted molar refractivity (Wildman–Crippen MR) is 73.1 cm³/mol. The van der Waals surface area contributed by atoms with Crippen molar-refractivity contribution in [3.05, 3.63) is 24.3 Å².